The Labute approximate surface area is 103 Å². The van der Waals surface area contributed by atoms with Gasteiger partial charge in [0.1, 0.15) is 5.60 Å². The van der Waals surface area contributed by atoms with Crippen LogP contribution in [-0.4, -0.2) is 34.6 Å². The molecule has 2 aliphatic carbocycles. The van der Waals surface area contributed by atoms with E-state index in [2.05, 4.69) is 0 Å². The summed E-state index contributed by atoms with van der Waals surface area (Å²) in [6, 6.07) is 0. The lowest BCUT2D eigenvalue weighted by atomic mass is 9.86. The third kappa shape index (κ3) is 2.22. The van der Waals surface area contributed by atoms with Crippen LogP contribution in [0.4, 0.5) is 0 Å². The molecule has 0 atom stereocenters. The normalized spacial score (nSPS) is 29.6. The predicted molar refractivity (Wildman–Crippen MR) is 65.4 cm³/mol. The Morgan fingerprint density at radius 1 is 1.00 bits per heavy atom. The Kier molecular flexibility index (Phi) is 2.89. The van der Waals surface area contributed by atoms with Gasteiger partial charge in [0.25, 0.3) is 0 Å². The van der Waals surface area contributed by atoms with Gasteiger partial charge in [-0.15, -0.1) is 0 Å². The Morgan fingerprint density at radius 2 is 1.59 bits per heavy atom. The van der Waals surface area contributed by atoms with Crippen LogP contribution < -0.4 is 0 Å². The molecule has 3 rings (SSSR count). The van der Waals surface area contributed by atoms with Gasteiger partial charge in [0.2, 0.25) is 5.91 Å². The largest absolute Gasteiger partial charge is 0.386 e. The van der Waals surface area contributed by atoms with Crippen LogP contribution in [0.1, 0.15) is 51.4 Å². The van der Waals surface area contributed by atoms with Gasteiger partial charge in [-0.25, -0.2) is 0 Å². The molecule has 0 unspecified atom stereocenters. The van der Waals surface area contributed by atoms with Crippen molar-refractivity contribution in [3.05, 3.63) is 0 Å². The van der Waals surface area contributed by atoms with Gasteiger partial charge in [0.05, 0.1) is 13.1 Å². The monoisotopic (exact) mass is 237 g/mol. The van der Waals surface area contributed by atoms with Gasteiger partial charge in [-0.2, -0.15) is 0 Å². The summed E-state index contributed by atoms with van der Waals surface area (Å²) in [4.78, 5) is 14.2. The molecule has 3 nitrogen and oxygen atoms in total. The third-order valence-corrected chi connectivity index (χ3v) is 4.78. The van der Waals surface area contributed by atoms with Crippen LogP contribution in [0.3, 0.4) is 0 Å². The second kappa shape index (κ2) is 4.27. The summed E-state index contributed by atoms with van der Waals surface area (Å²) in [6.07, 6.45) is 9.43. The van der Waals surface area contributed by atoms with Crippen molar-refractivity contribution in [2.24, 2.45) is 11.8 Å². The van der Waals surface area contributed by atoms with Crippen LogP contribution in [0.2, 0.25) is 0 Å². The fourth-order valence-corrected chi connectivity index (χ4v) is 3.43. The fraction of sp³-hybridized carbons (Fsp3) is 0.929. The number of β-amino-alcohol motifs (C(OH)–C–C–N with tert-alkyl or cyclic N) is 1. The second-order valence-electron chi connectivity index (χ2n) is 6.26. The first-order chi connectivity index (χ1) is 8.19. The Balaban J connectivity index is 1.53. The summed E-state index contributed by atoms with van der Waals surface area (Å²) in [6.45, 7) is 1.21. The molecule has 1 amide bonds. The van der Waals surface area contributed by atoms with E-state index >= 15 is 0 Å². The van der Waals surface area contributed by atoms with Crippen molar-refractivity contribution < 1.29 is 9.90 Å². The van der Waals surface area contributed by atoms with Crippen LogP contribution >= 0.6 is 0 Å². The lowest BCUT2D eigenvalue weighted by Gasteiger charge is -2.48. The summed E-state index contributed by atoms with van der Waals surface area (Å²) in [7, 11) is 0. The van der Waals surface area contributed by atoms with E-state index in [1.807, 2.05) is 4.90 Å². The van der Waals surface area contributed by atoms with Crippen molar-refractivity contribution in [2.45, 2.75) is 57.0 Å². The summed E-state index contributed by atoms with van der Waals surface area (Å²) in [5, 5.41) is 10.2. The lowest BCUT2D eigenvalue weighted by Crippen LogP contribution is -2.65. The number of likely N-dealkylation sites (tertiary alicyclic amines) is 1. The van der Waals surface area contributed by atoms with Gasteiger partial charge in [0.15, 0.2) is 0 Å². The first-order valence-corrected chi connectivity index (χ1v) is 7.20. The maximum atomic E-state index is 12.3. The van der Waals surface area contributed by atoms with Crippen molar-refractivity contribution in [1.82, 2.24) is 4.90 Å². The number of carbonyl (C=O) groups excluding carboxylic acids is 1. The van der Waals surface area contributed by atoms with Crippen molar-refractivity contribution >= 4 is 5.91 Å². The molecule has 0 aromatic carbocycles. The number of rotatable bonds is 2. The lowest BCUT2D eigenvalue weighted by molar-refractivity contribution is -0.163. The Bertz CT molecular complexity index is 297. The van der Waals surface area contributed by atoms with E-state index in [0.29, 0.717) is 24.9 Å². The molecule has 3 heteroatoms. The first kappa shape index (κ1) is 11.5. The van der Waals surface area contributed by atoms with Crippen molar-refractivity contribution in [1.29, 1.82) is 0 Å². The molecule has 2 saturated carbocycles. The quantitative estimate of drug-likeness (QED) is 0.746. The van der Waals surface area contributed by atoms with Gasteiger partial charge in [-0.1, -0.05) is 25.7 Å². The van der Waals surface area contributed by atoms with E-state index in [1.165, 1.54) is 25.7 Å². The number of carbonyl (C=O) groups is 1. The molecule has 1 aliphatic heterocycles. The molecule has 0 aromatic rings. The standard InChI is InChI=1S/C14H23NO2/c16-13(11-5-3-1-2-4-6-11)15-9-14(17,10-15)12-7-8-12/h11-12,17H,1-10H2. The second-order valence-corrected chi connectivity index (χ2v) is 6.26. The van der Waals surface area contributed by atoms with Crippen molar-refractivity contribution in [3.8, 4) is 0 Å². The molecule has 17 heavy (non-hydrogen) atoms. The smallest absolute Gasteiger partial charge is 0.225 e. The highest BCUT2D eigenvalue weighted by Crippen LogP contribution is 2.45. The number of hydrogen-bond donors (Lipinski definition) is 1. The average molecular weight is 237 g/mol. The average Bonchev–Trinajstić information content (AvgIpc) is 3.09. The fourth-order valence-electron chi connectivity index (χ4n) is 3.43. The zero-order chi connectivity index (χ0) is 11.9. The van der Waals surface area contributed by atoms with Crippen molar-refractivity contribution in [3.63, 3.8) is 0 Å². The zero-order valence-electron chi connectivity index (χ0n) is 10.5. The summed E-state index contributed by atoms with van der Waals surface area (Å²) >= 11 is 0. The van der Waals surface area contributed by atoms with E-state index in [-0.39, 0.29) is 5.92 Å². The molecular weight excluding hydrogens is 214 g/mol. The van der Waals surface area contributed by atoms with E-state index in [0.717, 1.165) is 25.7 Å². The first-order valence-electron chi connectivity index (χ1n) is 7.20. The van der Waals surface area contributed by atoms with E-state index < -0.39 is 5.60 Å². The molecule has 1 saturated heterocycles. The molecule has 3 aliphatic rings. The van der Waals surface area contributed by atoms with Gasteiger partial charge in [-0.3, -0.25) is 4.79 Å². The molecule has 1 heterocycles. The number of hydrogen-bond acceptors (Lipinski definition) is 2. The summed E-state index contributed by atoms with van der Waals surface area (Å²) < 4.78 is 0. The van der Waals surface area contributed by atoms with Gasteiger partial charge < -0.3 is 10.0 Å². The van der Waals surface area contributed by atoms with Crippen LogP contribution in [-0.2, 0) is 4.79 Å². The maximum Gasteiger partial charge on any atom is 0.225 e. The topological polar surface area (TPSA) is 40.5 Å². The summed E-state index contributed by atoms with van der Waals surface area (Å²) in [5.41, 5.74) is -0.514. The molecule has 96 valence electrons. The van der Waals surface area contributed by atoms with Crippen LogP contribution in [0.5, 0.6) is 0 Å². The minimum absolute atomic E-state index is 0.251. The maximum absolute atomic E-state index is 12.3. The summed E-state index contributed by atoms with van der Waals surface area (Å²) in [5.74, 6) is 1.05. The van der Waals surface area contributed by atoms with Gasteiger partial charge in [-0.05, 0) is 31.6 Å². The minimum atomic E-state index is -0.514. The van der Waals surface area contributed by atoms with Crippen molar-refractivity contribution in [2.75, 3.05) is 13.1 Å². The van der Waals surface area contributed by atoms with Gasteiger partial charge in [0, 0.05) is 5.92 Å². The SMILES string of the molecule is O=C(C1CCCCCC1)N1CC(O)(C2CC2)C1. The van der Waals surface area contributed by atoms with Crippen LogP contribution in [0.15, 0.2) is 0 Å². The molecule has 0 radical (unpaired) electrons. The van der Waals surface area contributed by atoms with E-state index in [4.69, 9.17) is 0 Å². The van der Waals surface area contributed by atoms with E-state index in [1.54, 1.807) is 0 Å². The minimum Gasteiger partial charge on any atom is -0.386 e. The highest BCUT2D eigenvalue weighted by Gasteiger charge is 2.53. The van der Waals surface area contributed by atoms with Crippen LogP contribution in [0.25, 0.3) is 0 Å². The molecule has 0 spiro atoms. The molecular formula is C14H23NO2. The van der Waals surface area contributed by atoms with Crippen LogP contribution in [0, 0.1) is 11.8 Å². The Hall–Kier alpha value is -0.570. The molecule has 3 fully saturated rings. The third-order valence-electron chi connectivity index (χ3n) is 4.78. The highest BCUT2D eigenvalue weighted by molar-refractivity contribution is 5.80. The molecule has 0 aromatic heterocycles. The highest BCUT2D eigenvalue weighted by atomic mass is 16.3. The molecule has 1 N–H and O–H groups in total. The zero-order valence-corrected chi connectivity index (χ0v) is 10.5. The number of nitrogens with zero attached hydrogens (tertiary/aromatic N) is 1. The number of aliphatic hydroxyl groups is 1. The number of amides is 1. The Morgan fingerprint density at radius 3 is 2.12 bits per heavy atom. The predicted octanol–water partition coefficient (Wildman–Crippen LogP) is 1.94. The molecule has 0 bridgehead atoms. The van der Waals surface area contributed by atoms with E-state index in [9.17, 15) is 9.90 Å². The van der Waals surface area contributed by atoms with Gasteiger partial charge >= 0.3 is 0 Å².